The zero-order valence-electron chi connectivity index (χ0n) is 13.0. The minimum Gasteiger partial charge on any atom is -0.324 e. The van der Waals surface area contributed by atoms with E-state index < -0.39 is 0 Å². The van der Waals surface area contributed by atoms with Crippen molar-refractivity contribution in [2.24, 2.45) is 5.73 Å². The lowest BCUT2D eigenvalue weighted by molar-refractivity contribution is 0.0977. The second-order valence-electron chi connectivity index (χ2n) is 5.73. The average Bonchev–Trinajstić information content (AvgIpc) is 2.49. The molecule has 0 aliphatic carbocycles. The molecule has 2 aromatic carbocycles. The largest absolute Gasteiger partial charge is 0.324 e. The molecule has 2 aromatic rings. The maximum Gasteiger partial charge on any atom is 0.163 e. The van der Waals surface area contributed by atoms with E-state index in [0.29, 0.717) is 12.8 Å². The van der Waals surface area contributed by atoms with Gasteiger partial charge < -0.3 is 5.73 Å². The predicted molar refractivity (Wildman–Crippen MR) is 87.6 cm³/mol. The van der Waals surface area contributed by atoms with Crippen LogP contribution in [0.2, 0.25) is 0 Å². The Labute approximate surface area is 127 Å². The average molecular weight is 281 g/mol. The van der Waals surface area contributed by atoms with E-state index in [1.165, 1.54) is 5.56 Å². The Kier molecular flexibility index (Phi) is 4.92. The molecule has 0 fully saturated rings. The summed E-state index contributed by atoms with van der Waals surface area (Å²) in [5.41, 5.74) is 11.5. The van der Waals surface area contributed by atoms with Crippen molar-refractivity contribution < 1.29 is 4.79 Å². The molecule has 0 saturated carbocycles. The summed E-state index contributed by atoms with van der Waals surface area (Å²) in [6, 6.07) is 13.9. The summed E-state index contributed by atoms with van der Waals surface area (Å²) in [6.45, 7) is 6.11. The number of ketones is 1. The van der Waals surface area contributed by atoms with Crippen molar-refractivity contribution in [1.29, 1.82) is 0 Å². The number of aryl methyl sites for hydroxylation is 3. The minimum atomic E-state index is -0.0815. The van der Waals surface area contributed by atoms with Gasteiger partial charge in [0.25, 0.3) is 0 Å². The summed E-state index contributed by atoms with van der Waals surface area (Å²) in [5.74, 6) is 0.182. The standard InChI is InChI=1S/C19H23NO/c1-13-11-15(3)17(12-14(13)2)19(21)10-9-18(20)16-7-5-4-6-8-16/h4-8,11-12,18H,9-10,20H2,1-3H3. The number of rotatable bonds is 5. The highest BCUT2D eigenvalue weighted by Gasteiger charge is 2.13. The molecular formula is C19H23NO. The van der Waals surface area contributed by atoms with Gasteiger partial charge >= 0.3 is 0 Å². The van der Waals surface area contributed by atoms with Crippen LogP contribution in [0.5, 0.6) is 0 Å². The maximum absolute atomic E-state index is 12.4. The van der Waals surface area contributed by atoms with Crippen LogP contribution in [0.4, 0.5) is 0 Å². The van der Waals surface area contributed by atoms with Gasteiger partial charge in [0.05, 0.1) is 0 Å². The summed E-state index contributed by atoms with van der Waals surface area (Å²) in [6.07, 6.45) is 1.16. The molecule has 110 valence electrons. The molecule has 0 bridgehead atoms. The van der Waals surface area contributed by atoms with E-state index in [4.69, 9.17) is 5.73 Å². The topological polar surface area (TPSA) is 43.1 Å². The maximum atomic E-state index is 12.4. The molecule has 2 N–H and O–H groups in total. The number of Topliss-reactive ketones (excluding diaryl/α,β-unsaturated/α-hetero) is 1. The number of carbonyl (C=O) groups excluding carboxylic acids is 1. The SMILES string of the molecule is Cc1cc(C)c(C(=O)CCC(N)c2ccccc2)cc1C. The van der Waals surface area contributed by atoms with Crippen molar-refractivity contribution >= 4 is 5.78 Å². The third-order valence-corrected chi connectivity index (χ3v) is 4.05. The van der Waals surface area contributed by atoms with Gasteiger partial charge in [0.2, 0.25) is 0 Å². The molecule has 0 radical (unpaired) electrons. The zero-order chi connectivity index (χ0) is 15.4. The highest BCUT2D eigenvalue weighted by Crippen LogP contribution is 2.20. The van der Waals surface area contributed by atoms with Crippen LogP contribution in [0.15, 0.2) is 42.5 Å². The summed E-state index contributed by atoms with van der Waals surface area (Å²) in [4.78, 5) is 12.4. The predicted octanol–water partition coefficient (Wildman–Crippen LogP) is 4.27. The van der Waals surface area contributed by atoms with Crippen LogP contribution in [0, 0.1) is 20.8 Å². The second kappa shape index (κ2) is 6.68. The van der Waals surface area contributed by atoms with Gasteiger partial charge in [-0.2, -0.15) is 0 Å². The summed E-state index contributed by atoms with van der Waals surface area (Å²) >= 11 is 0. The van der Waals surface area contributed by atoms with Gasteiger partial charge in [-0.3, -0.25) is 4.79 Å². The Morgan fingerprint density at radius 1 is 1.00 bits per heavy atom. The molecular weight excluding hydrogens is 258 g/mol. The fourth-order valence-electron chi connectivity index (χ4n) is 2.55. The third kappa shape index (κ3) is 3.79. The third-order valence-electron chi connectivity index (χ3n) is 4.05. The minimum absolute atomic E-state index is 0.0815. The van der Waals surface area contributed by atoms with E-state index in [0.717, 1.165) is 22.3 Å². The van der Waals surface area contributed by atoms with Crippen LogP contribution in [-0.4, -0.2) is 5.78 Å². The lowest BCUT2D eigenvalue weighted by Gasteiger charge is -2.13. The molecule has 2 nitrogen and oxygen atoms in total. The molecule has 0 saturated heterocycles. The van der Waals surface area contributed by atoms with Gasteiger partial charge in [0.1, 0.15) is 0 Å². The lowest BCUT2D eigenvalue weighted by atomic mass is 9.94. The Bertz CT molecular complexity index is 632. The van der Waals surface area contributed by atoms with E-state index >= 15 is 0 Å². The molecule has 0 amide bonds. The number of nitrogens with two attached hydrogens (primary N) is 1. The Balaban J connectivity index is 2.04. The van der Waals surface area contributed by atoms with Crippen LogP contribution in [0.25, 0.3) is 0 Å². The van der Waals surface area contributed by atoms with Gasteiger partial charge in [-0.1, -0.05) is 36.4 Å². The number of carbonyl (C=O) groups is 1. The van der Waals surface area contributed by atoms with Crippen LogP contribution in [0.3, 0.4) is 0 Å². The van der Waals surface area contributed by atoms with Crippen molar-refractivity contribution in [2.45, 2.75) is 39.7 Å². The first-order valence-corrected chi connectivity index (χ1v) is 7.40. The summed E-state index contributed by atoms with van der Waals surface area (Å²) in [5, 5.41) is 0. The van der Waals surface area contributed by atoms with Gasteiger partial charge in [0.15, 0.2) is 5.78 Å². The molecule has 0 aliphatic heterocycles. The number of hydrogen-bond acceptors (Lipinski definition) is 2. The fourth-order valence-corrected chi connectivity index (χ4v) is 2.55. The van der Waals surface area contributed by atoms with E-state index in [2.05, 4.69) is 13.0 Å². The number of benzene rings is 2. The smallest absolute Gasteiger partial charge is 0.163 e. The molecule has 1 atom stereocenters. The molecule has 0 heterocycles. The Morgan fingerprint density at radius 3 is 2.29 bits per heavy atom. The van der Waals surface area contributed by atoms with Crippen molar-refractivity contribution in [2.75, 3.05) is 0 Å². The monoisotopic (exact) mass is 281 g/mol. The van der Waals surface area contributed by atoms with E-state index in [-0.39, 0.29) is 11.8 Å². The molecule has 0 spiro atoms. The zero-order valence-corrected chi connectivity index (χ0v) is 13.0. The van der Waals surface area contributed by atoms with Gasteiger partial charge in [-0.15, -0.1) is 0 Å². The normalized spacial score (nSPS) is 12.2. The van der Waals surface area contributed by atoms with Gasteiger partial charge in [-0.25, -0.2) is 0 Å². The molecule has 2 heteroatoms. The Hall–Kier alpha value is -1.93. The summed E-state index contributed by atoms with van der Waals surface area (Å²) in [7, 11) is 0. The molecule has 21 heavy (non-hydrogen) atoms. The molecule has 2 rings (SSSR count). The van der Waals surface area contributed by atoms with Crippen LogP contribution >= 0.6 is 0 Å². The van der Waals surface area contributed by atoms with E-state index in [1.807, 2.05) is 50.2 Å². The van der Waals surface area contributed by atoms with Crippen molar-refractivity contribution in [3.8, 4) is 0 Å². The molecule has 0 aliphatic rings. The van der Waals surface area contributed by atoms with Crippen LogP contribution in [-0.2, 0) is 0 Å². The Morgan fingerprint density at radius 2 is 1.62 bits per heavy atom. The molecule has 0 aromatic heterocycles. The highest BCUT2D eigenvalue weighted by molar-refractivity contribution is 5.97. The fraction of sp³-hybridized carbons (Fsp3) is 0.316. The second-order valence-corrected chi connectivity index (χ2v) is 5.73. The molecule has 1 unspecified atom stereocenters. The van der Waals surface area contributed by atoms with Gasteiger partial charge in [0, 0.05) is 18.0 Å². The first kappa shape index (κ1) is 15.5. The van der Waals surface area contributed by atoms with Gasteiger partial charge in [-0.05, 0) is 55.5 Å². The lowest BCUT2D eigenvalue weighted by Crippen LogP contribution is -2.13. The van der Waals surface area contributed by atoms with Crippen LogP contribution in [0.1, 0.15) is 51.5 Å². The van der Waals surface area contributed by atoms with Crippen molar-refractivity contribution in [3.63, 3.8) is 0 Å². The van der Waals surface area contributed by atoms with Crippen LogP contribution < -0.4 is 5.73 Å². The van der Waals surface area contributed by atoms with Crippen molar-refractivity contribution in [1.82, 2.24) is 0 Å². The quantitative estimate of drug-likeness (QED) is 0.831. The first-order valence-electron chi connectivity index (χ1n) is 7.40. The first-order chi connectivity index (χ1) is 9.99. The van der Waals surface area contributed by atoms with E-state index in [9.17, 15) is 4.79 Å². The highest BCUT2D eigenvalue weighted by atomic mass is 16.1. The summed E-state index contributed by atoms with van der Waals surface area (Å²) < 4.78 is 0. The van der Waals surface area contributed by atoms with Crippen molar-refractivity contribution in [3.05, 3.63) is 70.3 Å². The van der Waals surface area contributed by atoms with E-state index in [1.54, 1.807) is 0 Å². The number of hydrogen-bond donors (Lipinski definition) is 1.